The molecule has 0 spiro atoms. The van der Waals surface area contributed by atoms with Gasteiger partial charge in [0.2, 0.25) is 0 Å². The van der Waals surface area contributed by atoms with Crippen LogP contribution in [0.4, 0.5) is 11.4 Å². The number of carbonyl (C=O) groups is 4. The quantitative estimate of drug-likeness (QED) is 0.0479. The molecule has 0 atom stereocenters. The minimum absolute atomic E-state index is 0.0649. The second kappa shape index (κ2) is 31.8. The highest BCUT2D eigenvalue weighted by Crippen LogP contribution is 2.62. The van der Waals surface area contributed by atoms with Crippen LogP contribution in [-0.2, 0) is 21.7 Å². The Morgan fingerprint density at radius 3 is 0.632 bits per heavy atom. The number of anilines is 2. The van der Waals surface area contributed by atoms with E-state index in [2.05, 4.69) is 308 Å². The van der Waals surface area contributed by atoms with Crippen molar-refractivity contribution in [3.8, 4) is 90.5 Å². The number of benzene rings is 20. The van der Waals surface area contributed by atoms with E-state index in [1.54, 1.807) is 0 Å². The molecule has 2 aliphatic heterocycles. The topological polar surface area (TPSA) is 112 Å². The molecule has 4 amide bonds. The molecule has 0 N–H and O–H groups in total. The molecule has 0 radical (unpaired) electrons. The molecular formula is C132H110N2O8S2. The van der Waals surface area contributed by atoms with Crippen molar-refractivity contribution in [2.24, 2.45) is 0 Å². The van der Waals surface area contributed by atoms with Gasteiger partial charge in [0.15, 0.2) is 0 Å². The first-order chi connectivity index (χ1) is 68.7. The van der Waals surface area contributed by atoms with Crippen LogP contribution < -0.4 is 28.7 Å². The number of fused-ring (bicyclic) bond motifs is 14. The van der Waals surface area contributed by atoms with Crippen LogP contribution in [0, 0.1) is 0 Å². The van der Waals surface area contributed by atoms with E-state index in [-0.39, 0.29) is 45.3 Å². The van der Waals surface area contributed by atoms with Crippen LogP contribution in [0.2, 0.25) is 0 Å². The van der Waals surface area contributed by atoms with Gasteiger partial charge in [-0.2, -0.15) is 0 Å². The highest BCUT2D eigenvalue weighted by atomic mass is 32.1. The van der Waals surface area contributed by atoms with E-state index in [9.17, 15) is 0 Å². The normalized spacial score (nSPS) is 14.4. The maximum Gasteiger partial charge on any atom is 0.266 e. The smallest absolute Gasteiger partial charge is 0.266 e. The summed E-state index contributed by atoms with van der Waals surface area (Å²) in [5.74, 6) is 2.41. The molecule has 12 heteroatoms. The van der Waals surface area contributed by atoms with E-state index < -0.39 is 23.6 Å². The van der Waals surface area contributed by atoms with Gasteiger partial charge in [-0.3, -0.25) is 19.2 Å². The van der Waals surface area contributed by atoms with Crippen molar-refractivity contribution < 1.29 is 38.1 Å². The van der Waals surface area contributed by atoms with Crippen molar-refractivity contribution in [3.63, 3.8) is 0 Å². The summed E-state index contributed by atoms with van der Waals surface area (Å²) in [7, 11) is 0. The van der Waals surface area contributed by atoms with Crippen molar-refractivity contribution in [2.75, 3.05) is 9.80 Å². The van der Waals surface area contributed by atoms with Crippen LogP contribution in [-0.4, -0.2) is 23.6 Å². The second-order valence-corrected chi connectivity index (χ2v) is 46.9. The largest absolute Gasteiger partial charge is 0.457 e. The predicted molar refractivity (Wildman–Crippen MR) is 604 cm³/mol. The average molecular weight is 1920 g/mol. The summed E-state index contributed by atoms with van der Waals surface area (Å²) in [6, 6.07) is 85.6. The van der Waals surface area contributed by atoms with Crippen molar-refractivity contribution in [3.05, 3.63) is 332 Å². The molecule has 20 aromatic carbocycles. The van der Waals surface area contributed by atoms with Gasteiger partial charge in [-0.05, 0) is 367 Å². The molecule has 0 saturated heterocycles. The van der Waals surface area contributed by atoms with Crippen LogP contribution in [0.5, 0.6) is 46.0 Å². The molecule has 0 fully saturated rings. The van der Waals surface area contributed by atoms with Crippen molar-refractivity contribution in [2.45, 2.75) is 194 Å². The Morgan fingerprint density at radius 1 is 0.222 bits per heavy atom. The van der Waals surface area contributed by atoms with Gasteiger partial charge in [0.25, 0.3) is 23.6 Å². The molecule has 0 unspecified atom stereocenters. The van der Waals surface area contributed by atoms with Crippen LogP contribution in [0.1, 0.15) is 270 Å². The van der Waals surface area contributed by atoms with E-state index in [4.69, 9.17) is 44.2 Å². The van der Waals surface area contributed by atoms with E-state index in [0.29, 0.717) is 90.4 Å². The first-order valence-electron chi connectivity index (χ1n) is 50.5. The first kappa shape index (κ1) is 90.5. The predicted octanol–water partition coefficient (Wildman–Crippen LogP) is 37.1. The van der Waals surface area contributed by atoms with Crippen LogP contribution in [0.15, 0.2) is 252 Å². The summed E-state index contributed by atoms with van der Waals surface area (Å²) in [4.78, 5) is 69.7. The summed E-state index contributed by atoms with van der Waals surface area (Å²) in [6.07, 6.45) is 9.10. The first-order valence-corrected chi connectivity index (χ1v) is 51.4. The summed E-state index contributed by atoms with van der Waals surface area (Å²) in [5, 5.41) is 18.1. The Morgan fingerprint density at radius 2 is 0.431 bits per heavy atom. The maximum atomic E-state index is 16.3. The summed E-state index contributed by atoms with van der Waals surface area (Å²) < 4.78 is 29.5. The second-order valence-electron chi connectivity index (χ2n) is 45.9. The molecule has 20 aromatic rings. The van der Waals surface area contributed by atoms with Gasteiger partial charge in [-0.1, -0.05) is 260 Å². The fraction of sp³-hybridized carbons (Fsp3) is 0.212. The van der Waals surface area contributed by atoms with Crippen LogP contribution in [0.25, 0.3) is 177 Å². The fourth-order valence-corrected chi connectivity index (χ4v) is 24.4. The number of ether oxygens (including phenoxy) is 4. The molecule has 10 nitrogen and oxygen atoms in total. The highest BCUT2D eigenvalue weighted by molar-refractivity contribution is 7.80. The molecule has 0 aromatic heterocycles. The third-order valence-corrected chi connectivity index (χ3v) is 31.8. The zero-order chi connectivity index (χ0) is 100. The molecule has 3 aliphatic carbocycles. The van der Waals surface area contributed by atoms with Gasteiger partial charge in [0.1, 0.15) is 46.0 Å². The lowest BCUT2D eigenvalue weighted by molar-refractivity contribution is 0.0877. The standard InChI is InChI=1S/C132H110N2O8S2/c1-65(2)95-57-85(143)58-96(66(3)4)123(95)133-125(135)103-61-107(139-81-33-25-77(26-34-81)129(9,10)11)117-91-45-41-87-99-53-73-49-69-21-23-71-51-75-55-101-89-43-47-93-114-94(48-44-90(112(89)114)102(101)56-76(75)52-72(71)24-22-70(69)50-74(73)54-100(99)88-42-46-92(113(91)111(87)88)118-108(62-104(126(133)136)115(103)121(117)118)140-82-35-27-78(28-36-82)130(12,13)14)120-110(142-84-39-31-80(32-40-84)132(18,19)20)64-106-116-105(63-109(119(93)122(116)120)141-83-37-29-79(30-38-83)131(15,16)17)127(137)134(128(106)138)124-97(67(5)6)59-86(144)60-98(124)68(7)8/h21-68,143-144H,1-20H3/b23-21-,24-22-,69-21?,70-22?,71-23?,72-24?. The van der Waals surface area contributed by atoms with E-state index in [1.165, 1.54) is 9.80 Å². The third kappa shape index (κ3) is 13.8. The van der Waals surface area contributed by atoms with Crippen molar-refractivity contribution in [1.29, 1.82) is 0 Å². The Bertz CT molecular complexity index is 8210. The maximum absolute atomic E-state index is 16.3. The van der Waals surface area contributed by atoms with Gasteiger partial charge in [0, 0.05) is 52.9 Å². The van der Waals surface area contributed by atoms with Crippen molar-refractivity contribution in [1.82, 2.24) is 0 Å². The Balaban J connectivity index is 0.628. The number of nitrogens with zero attached hydrogens (tertiary/aromatic N) is 2. The number of amides is 4. The lowest BCUT2D eigenvalue weighted by Gasteiger charge is -2.34. The Labute approximate surface area is 849 Å². The molecule has 0 bridgehead atoms. The number of hydrogen-bond acceptors (Lipinski definition) is 10. The number of rotatable bonds is 14. The fourth-order valence-electron chi connectivity index (χ4n) is 23.8. The molecule has 2 heterocycles. The number of carbonyl (C=O) groups excluding carboxylic acids is 4. The molecule has 5 aliphatic rings. The third-order valence-electron chi connectivity index (χ3n) is 31.2. The molecule has 25 rings (SSSR count). The SMILES string of the molecule is CC(C)c1cc(S)cc(C(C)C)c1N1C(=O)c2cc(Oc3ccc(C(C)(C)C)cc3)c3c4ccc5c6c(ccc(c7c(Oc8ccc(C(C)(C)C)cc8)cc(c2c37)C1=O)c64)-c1cc2cc3c(cc2cc1-5)/C=C\c1cc2cc4c(cc2cc1/C=C\3)-c1ccc2c3c(Oc5ccc(C(C)(C)C)cc5)cc5c6c(cc(Oc7ccc(C(C)(C)C)cc7)c(c7ccc-4c1c72)c63)C(=O)N(c1c(C(C)C)cc(S)cc1C(C)C)C5=O. The van der Waals surface area contributed by atoms with Crippen molar-refractivity contribution >= 4 is 192 Å². The molecule has 144 heavy (non-hydrogen) atoms. The highest BCUT2D eigenvalue weighted by Gasteiger charge is 2.45. The zero-order valence-corrected chi connectivity index (χ0v) is 86.6. The number of hydrogen-bond donors (Lipinski definition) is 2. The molecular weight excluding hydrogens is 1810 g/mol. The summed E-state index contributed by atoms with van der Waals surface area (Å²) in [5.41, 5.74) is 23.5. The van der Waals surface area contributed by atoms with Gasteiger partial charge in [-0.25, -0.2) is 9.80 Å². The number of imide groups is 2. The number of thiol groups is 2. The lowest BCUT2D eigenvalue weighted by atomic mass is 9.82. The van der Waals surface area contributed by atoms with Gasteiger partial charge >= 0.3 is 0 Å². The lowest BCUT2D eigenvalue weighted by Crippen LogP contribution is -2.42. The van der Waals surface area contributed by atoms with Crippen LogP contribution >= 0.6 is 25.3 Å². The Hall–Kier alpha value is -14.8. The molecule has 708 valence electrons. The molecule has 0 saturated carbocycles. The monoisotopic (exact) mass is 1910 g/mol. The summed E-state index contributed by atoms with van der Waals surface area (Å²) in [6.45, 7) is 43.2. The minimum Gasteiger partial charge on any atom is -0.457 e. The Kier molecular flexibility index (Phi) is 20.0. The van der Waals surface area contributed by atoms with E-state index in [1.807, 2.05) is 97.1 Å². The van der Waals surface area contributed by atoms with Gasteiger partial charge in [0.05, 0.1) is 33.6 Å². The van der Waals surface area contributed by atoms with E-state index >= 15 is 19.2 Å². The minimum atomic E-state index is -0.428. The van der Waals surface area contributed by atoms with E-state index in [0.717, 1.165) is 218 Å². The average Bonchev–Trinajstić information content (AvgIpc) is 1.55. The summed E-state index contributed by atoms with van der Waals surface area (Å²) >= 11 is 9.83. The van der Waals surface area contributed by atoms with Crippen LogP contribution in [0.3, 0.4) is 0 Å². The van der Waals surface area contributed by atoms with Gasteiger partial charge in [-0.15, -0.1) is 25.3 Å². The van der Waals surface area contributed by atoms with Gasteiger partial charge < -0.3 is 18.9 Å². The zero-order valence-electron chi connectivity index (χ0n) is 84.8.